The molecule has 0 atom stereocenters. The number of nitrogens with zero attached hydrogens (tertiary/aromatic N) is 2. The van der Waals surface area contributed by atoms with E-state index in [4.69, 9.17) is 4.74 Å². The average Bonchev–Trinajstić information content (AvgIpc) is 2.37. The minimum Gasteiger partial charge on any atom is -0.497 e. The molecule has 0 aliphatic heterocycles. The number of rotatable bonds is 3. The molecular formula is C15H16N2O2. The Morgan fingerprint density at radius 2 is 2.00 bits per heavy atom. The lowest BCUT2D eigenvalue weighted by Crippen LogP contribution is -2.18. The largest absolute Gasteiger partial charge is 0.497 e. The van der Waals surface area contributed by atoms with E-state index in [-0.39, 0.29) is 5.56 Å². The number of methoxy groups -OCH3 is 1. The SMILES string of the molecule is COc1cccc(C=Nn2c(C)cc(C)cc2=O)c1. The van der Waals surface area contributed by atoms with Crippen LogP contribution in [0.3, 0.4) is 0 Å². The van der Waals surface area contributed by atoms with Crippen LogP contribution >= 0.6 is 0 Å². The van der Waals surface area contributed by atoms with Gasteiger partial charge in [0.1, 0.15) is 5.75 Å². The summed E-state index contributed by atoms with van der Waals surface area (Å²) >= 11 is 0. The zero-order chi connectivity index (χ0) is 13.8. The van der Waals surface area contributed by atoms with Gasteiger partial charge in [-0.25, -0.2) is 4.68 Å². The quantitative estimate of drug-likeness (QED) is 0.791. The Morgan fingerprint density at radius 1 is 1.21 bits per heavy atom. The Hall–Kier alpha value is -2.36. The minimum atomic E-state index is -0.128. The number of benzene rings is 1. The van der Waals surface area contributed by atoms with Gasteiger partial charge in [0.25, 0.3) is 5.56 Å². The van der Waals surface area contributed by atoms with Gasteiger partial charge in [0.2, 0.25) is 0 Å². The van der Waals surface area contributed by atoms with Crippen molar-refractivity contribution in [3.05, 3.63) is 63.6 Å². The fourth-order valence-corrected chi connectivity index (χ4v) is 1.86. The van der Waals surface area contributed by atoms with E-state index >= 15 is 0 Å². The van der Waals surface area contributed by atoms with E-state index in [9.17, 15) is 4.79 Å². The normalized spacial score (nSPS) is 10.9. The minimum absolute atomic E-state index is 0.128. The van der Waals surface area contributed by atoms with Crippen molar-refractivity contribution in [2.45, 2.75) is 13.8 Å². The van der Waals surface area contributed by atoms with Crippen molar-refractivity contribution >= 4 is 6.21 Å². The predicted octanol–water partition coefficient (Wildman–Crippen LogP) is 2.36. The monoisotopic (exact) mass is 256 g/mol. The average molecular weight is 256 g/mol. The van der Waals surface area contributed by atoms with E-state index < -0.39 is 0 Å². The summed E-state index contributed by atoms with van der Waals surface area (Å²) < 4.78 is 6.52. The number of hydrogen-bond acceptors (Lipinski definition) is 3. The molecule has 0 saturated carbocycles. The highest BCUT2D eigenvalue weighted by atomic mass is 16.5. The lowest BCUT2D eigenvalue weighted by molar-refractivity contribution is 0.415. The summed E-state index contributed by atoms with van der Waals surface area (Å²) in [5.41, 5.74) is 2.50. The van der Waals surface area contributed by atoms with Crippen molar-refractivity contribution in [2.24, 2.45) is 5.10 Å². The number of hydrogen-bond donors (Lipinski definition) is 0. The van der Waals surface area contributed by atoms with Gasteiger partial charge >= 0.3 is 0 Å². The molecule has 4 nitrogen and oxygen atoms in total. The van der Waals surface area contributed by atoms with Crippen LogP contribution in [0.5, 0.6) is 5.75 Å². The van der Waals surface area contributed by atoms with E-state index in [0.29, 0.717) is 0 Å². The van der Waals surface area contributed by atoms with Gasteiger partial charge in [0, 0.05) is 11.8 Å². The van der Waals surface area contributed by atoms with Crippen molar-refractivity contribution in [1.82, 2.24) is 4.68 Å². The van der Waals surface area contributed by atoms with Crippen LogP contribution in [0.25, 0.3) is 0 Å². The molecule has 0 unspecified atom stereocenters. The number of aryl methyl sites for hydroxylation is 2. The van der Waals surface area contributed by atoms with Gasteiger partial charge in [-0.15, -0.1) is 0 Å². The third kappa shape index (κ3) is 3.10. The van der Waals surface area contributed by atoms with Crippen LogP contribution in [0, 0.1) is 13.8 Å². The van der Waals surface area contributed by atoms with Crippen LogP contribution in [0.4, 0.5) is 0 Å². The first-order chi connectivity index (χ1) is 9.10. The molecule has 0 bridgehead atoms. The van der Waals surface area contributed by atoms with Gasteiger partial charge in [-0.1, -0.05) is 12.1 Å². The third-order valence-electron chi connectivity index (χ3n) is 2.75. The van der Waals surface area contributed by atoms with E-state index in [2.05, 4.69) is 5.10 Å². The molecule has 0 spiro atoms. The maximum atomic E-state index is 11.8. The van der Waals surface area contributed by atoms with E-state index in [1.165, 1.54) is 4.68 Å². The van der Waals surface area contributed by atoms with E-state index in [1.807, 2.05) is 44.2 Å². The summed E-state index contributed by atoms with van der Waals surface area (Å²) in [6.07, 6.45) is 1.65. The molecule has 4 heteroatoms. The summed E-state index contributed by atoms with van der Waals surface area (Å²) in [6, 6.07) is 11.0. The third-order valence-corrected chi connectivity index (χ3v) is 2.75. The molecule has 0 fully saturated rings. The molecule has 0 radical (unpaired) electrons. The van der Waals surface area contributed by atoms with Gasteiger partial charge in [0.15, 0.2) is 0 Å². The molecule has 0 aliphatic carbocycles. The fourth-order valence-electron chi connectivity index (χ4n) is 1.86. The predicted molar refractivity (Wildman–Crippen MR) is 76.2 cm³/mol. The zero-order valence-electron chi connectivity index (χ0n) is 11.3. The van der Waals surface area contributed by atoms with Gasteiger partial charge < -0.3 is 4.74 Å². The first-order valence-corrected chi connectivity index (χ1v) is 5.99. The topological polar surface area (TPSA) is 43.6 Å². The number of pyridine rings is 1. The van der Waals surface area contributed by atoms with E-state index in [0.717, 1.165) is 22.6 Å². The molecule has 0 amide bonds. The molecule has 98 valence electrons. The summed E-state index contributed by atoms with van der Waals surface area (Å²) in [5.74, 6) is 0.761. The molecule has 1 heterocycles. The van der Waals surface area contributed by atoms with Crippen LogP contribution in [-0.4, -0.2) is 18.0 Å². The highest BCUT2D eigenvalue weighted by Gasteiger charge is 1.99. The Balaban J connectivity index is 2.35. The van der Waals surface area contributed by atoms with Crippen molar-refractivity contribution < 1.29 is 4.74 Å². The molecule has 0 aliphatic rings. The second-order valence-electron chi connectivity index (χ2n) is 4.35. The molecule has 2 rings (SSSR count). The first-order valence-electron chi connectivity index (χ1n) is 5.99. The molecule has 2 aromatic rings. The molecule has 19 heavy (non-hydrogen) atoms. The van der Waals surface area contributed by atoms with Crippen LogP contribution in [0.15, 0.2) is 46.3 Å². The Bertz CT molecular complexity index is 672. The van der Waals surface area contributed by atoms with Gasteiger partial charge in [0.05, 0.1) is 13.3 Å². The molecule has 0 saturated heterocycles. The Morgan fingerprint density at radius 3 is 2.68 bits per heavy atom. The maximum Gasteiger partial charge on any atom is 0.271 e. The second-order valence-corrected chi connectivity index (χ2v) is 4.35. The van der Waals surface area contributed by atoms with Crippen molar-refractivity contribution in [3.63, 3.8) is 0 Å². The maximum absolute atomic E-state index is 11.8. The lowest BCUT2D eigenvalue weighted by atomic mass is 10.2. The van der Waals surface area contributed by atoms with E-state index in [1.54, 1.807) is 19.4 Å². The molecule has 1 aromatic heterocycles. The number of ether oxygens (including phenoxy) is 1. The number of aromatic nitrogens is 1. The molecule has 1 aromatic carbocycles. The Kier molecular flexibility index (Phi) is 3.80. The Labute approximate surface area is 112 Å². The second kappa shape index (κ2) is 5.52. The van der Waals surface area contributed by atoms with Crippen LogP contribution in [-0.2, 0) is 0 Å². The van der Waals surface area contributed by atoms with Gasteiger partial charge in [-0.05, 0) is 43.2 Å². The van der Waals surface area contributed by atoms with Gasteiger partial charge in [-0.2, -0.15) is 5.10 Å². The van der Waals surface area contributed by atoms with Gasteiger partial charge in [-0.3, -0.25) is 4.79 Å². The summed E-state index contributed by atoms with van der Waals surface area (Å²) in [4.78, 5) is 11.8. The van der Waals surface area contributed by atoms with Crippen molar-refractivity contribution in [1.29, 1.82) is 0 Å². The first kappa shape index (κ1) is 13.1. The fraction of sp³-hybridized carbons (Fsp3) is 0.200. The summed E-state index contributed by atoms with van der Waals surface area (Å²) in [5, 5.41) is 4.22. The molecular weight excluding hydrogens is 240 g/mol. The molecule has 0 N–H and O–H groups in total. The van der Waals surface area contributed by atoms with Crippen molar-refractivity contribution in [3.8, 4) is 5.75 Å². The smallest absolute Gasteiger partial charge is 0.271 e. The van der Waals surface area contributed by atoms with Crippen molar-refractivity contribution in [2.75, 3.05) is 7.11 Å². The standard InChI is InChI=1S/C15H16N2O2/c1-11-7-12(2)17(15(18)8-11)16-10-13-5-4-6-14(9-13)19-3/h4-10H,1-3H3. The lowest BCUT2D eigenvalue weighted by Gasteiger charge is -2.04. The van der Waals surface area contributed by atoms with Crippen LogP contribution in [0.2, 0.25) is 0 Å². The van der Waals surface area contributed by atoms with Crippen LogP contribution < -0.4 is 10.3 Å². The summed E-state index contributed by atoms with van der Waals surface area (Å²) in [6.45, 7) is 3.75. The zero-order valence-corrected chi connectivity index (χ0v) is 11.3. The highest BCUT2D eigenvalue weighted by molar-refractivity contribution is 5.80. The highest BCUT2D eigenvalue weighted by Crippen LogP contribution is 2.10. The summed E-state index contributed by atoms with van der Waals surface area (Å²) in [7, 11) is 1.62. The van der Waals surface area contributed by atoms with Crippen LogP contribution in [0.1, 0.15) is 16.8 Å².